The Balaban J connectivity index is 1.42. The van der Waals surface area contributed by atoms with E-state index in [1.807, 2.05) is 30.3 Å². The Morgan fingerprint density at radius 3 is 2.67 bits per heavy atom. The summed E-state index contributed by atoms with van der Waals surface area (Å²) in [5.74, 6) is 0.755. The average Bonchev–Trinajstić information content (AvgIpc) is 2.78. The van der Waals surface area contributed by atoms with Crippen LogP contribution in [0.25, 0.3) is 21.9 Å². The molecule has 4 rings (SSSR count). The summed E-state index contributed by atoms with van der Waals surface area (Å²) in [5, 5.41) is 20.7. The highest BCUT2D eigenvalue weighted by Crippen LogP contribution is 2.32. The lowest BCUT2D eigenvalue weighted by atomic mass is 9.99. The summed E-state index contributed by atoms with van der Waals surface area (Å²) in [6.45, 7) is 2.97. The second-order valence-electron chi connectivity index (χ2n) is 8.28. The number of aromatic nitrogens is 2. The Kier molecular flexibility index (Phi) is 6.57. The first-order valence-corrected chi connectivity index (χ1v) is 10.6. The predicted octanol–water partition coefficient (Wildman–Crippen LogP) is 3.06. The maximum Gasteiger partial charge on any atom is 0.120 e. The lowest BCUT2D eigenvalue weighted by Gasteiger charge is -2.35. The number of rotatable bonds is 7. The van der Waals surface area contributed by atoms with E-state index in [0.717, 1.165) is 53.6 Å². The zero-order chi connectivity index (χ0) is 20.9. The monoisotopic (exact) mass is 406 g/mol. The molecule has 1 unspecified atom stereocenters. The van der Waals surface area contributed by atoms with Crippen molar-refractivity contribution in [2.24, 2.45) is 0 Å². The number of nitrogens with zero attached hydrogens (tertiary/aromatic N) is 4. The van der Waals surface area contributed by atoms with Gasteiger partial charge in [-0.1, -0.05) is 24.3 Å². The minimum absolute atomic E-state index is 0.278. The standard InChI is InChI=1S/C24H30N4O2/c1-27(2)20-8-11-28(12-9-20)16-21(29)17-30-22-13-18-5-3-4-6-23(18)24(14-22)19-7-10-25-26-15-19/h3-7,10,13-15,20-21,29H,8-9,11-12,16-17H2,1-2H3. The van der Waals surface area contributed by atoms with Crippen LogP contribution in [-0.4, -0.2) is 77.6 Å². The molecule has 1 saturated heterocycles. The van der Waals surface area contributed by atoms with Gasteiger partial charge in [0.25, 0.3) is 0 Å². The Bertz CT molecular complexity index is 956. The van der Waals surface area contributed by atoms with Crippen LogP contribution in [0.15, 0.2) is 54.9 Å². The van der Waals surface area contributed by atoms with E-state index in [4.69, 9.17) is 4.74 Å². The molecule has 158 valence electrons. The largest absolute Gasteiger partial charge is 0.491 e. The fourth-order valence-electron chi connectivity index (χ4n) is 4.22. The smallest absolute Gasteiger partial charge is 0.120 e. The summed E-state index contributed by atoms with van der Waals surface area (Å²) >= 11 is 0. The zero-order valence-corrected chi connectivity index (χ0v) is 17.7. The van der Waals surface area contributed by atoms with Crippen LogP contribution in [0, 0.1) is 0 Å². The van der Waals surface area contributed by atoms with E-state index in [1.54, 1.807) is 12.4 Å². The third-order valence-corrected chi connectivity index (χ3v) is 5.93. The van der Waals surface area contributed by atoms with E-state index in [-0.39, 0.29) is 6.61 Å². The number of benzene rings is 2. The van der Waals surface area contributed by atoms with Crippen LogP contribution in [0.3, 0.4) is 0 Å². The number of aliphatic hydroxyl groups is 1. The number of β-amino-alcohol motifs (C(OH)–C–C–N with tert-alkyl or cyclic N) is 1. The van der Waals surface area contributed by atoms with Gasteiger partial charge in [-0.3, -0.25) is 0 Å². The summed E-state index contributed by atoms with van der Waals surface area (Å²) in [5.41, 5.74) is 2.05. The molecule has 6 heteroatoms. The molecule has 30 heavy (non-hydrogen) atoms. The summed E-state index contributed by atoms with van der Waals surface area (Å²) in [7, 11) is 4.28. The van der Waals surface area contributed by atoms with Gasteiger partial charge in [0, 0.05) is 18.2 Å². The van der Waals surface area contributed by atoms with Crippen LogP contribution >= 0.6 is 0 Å². The van der Waals surface area contributed by atoms with Crippen molar-refractivity contribution in [3.05, 3.63) is 54.9 Å². The summed E-state index contributed by atoms with van der Waals surface area (Å²) in [6, 6.07) is 14.9. The molecule has 1 aliphatic rings. The molecule has 2 heterocycles. The molecule has 1 aromatic heterocycles. The van der Waals surface area contributed by atoms with Crippen molar-refractivity contribution in [3.8, 4) is 16.9 Å². The Morgan fingerprint density at radius 1 is 1.13 bits per heavy atom. The fourth-order valence-corrected chi connectivity index (χ4v) is 4.22. The molecule has 1 atom stereocenters. The zero-order valence-electron chi connectivity index (χ0n) is 17.7. The topological polar surface area (TPSA) is 61.7 Å². The van der Waals surface area contributed by atoms with Gasteiger partial charge >= 0.3 is 0 Å². The van der Waals surface area contributed by atoms with Crippen LogP contribution in [-0.2, 0) is 0 Å². The number of aliphatic hydroxyl groups excluding tert-OH is 1. The van der Waals surface area contributed by atoms with Crippen molar-refractivity contribution >= 4 is 10.8 Å². The number of piperidine rings is 1. The normalized spacial score (nSPS) is 16.8. The van der Waals surface area contributed by atoms with E-state index in [2.05, 4.69) is 46.2 Å². The molecule has 0 spiro atoms. The van der Waals surface area contributed by atoms with Crippen LogP contribution in [0.1, 0.15) is 12.8 Å². The summed E-state index contributed by atoms with van der Waals surface area (Å²) < 4.78 is 6.02. The van der Waals surface area contributed by atoms with Gasteiger partial charge in [-0.15, -0.1) is 0 Å². The van der Waals surface area contributed by atoms with Crippen molar-refractivity contribution in [2.75, 3.05) is 40.3 Å². The number of ether oxygens (including phenoxy) is 1. The second kappa shape index (κ2) is 9.51. The molecule has 6 nitrogen and oxygen atoms in total. The van der Waals surface area contributed by atoms with E-state index in [0.29, 0.717) is 12.6 Å². The van der Waals surface area contributed by atoms with Crippen molar-refractivity contribution in [2.45, 2.75) is 25.0 Å². The number of likely N-dealkylation sites (tertiary alicyclic amines) is 1. The van der Waals surface area contributed by atoms with Crippen molar-refractivity contribution in [1.29, 1.82) is 0 Å². The van der Waals surface area contributed by atoms with Crippen LogP contribution < -0.4 is 4.74 Å². The first-order valence-electron chi connectivity index (χ1n) is 10.6. The van der Waals surface area contributed by atoms with Crippen LogP contribution in [0.2, 0.25) is 0 Å². The van der Waals surface area contributed by atoms with Gasteiger partial charge in [-0.2, -0.15) is 10.2 Å². The highest BCUT2D eigenvalue weighted by Gasteiger charge is 2.22. The molecule has 1 fully saturated rings. The molecule has 1 N–H and O–H groups in total. The van der Waals surface area contributed by atoms with E-state index >= 15 is 0 Å². The highest BCUT2D eigenvalue weighted by atomic mass is 16.5. The third kappa shape index (κ3) is 4.95. The minimum atomic E-state index is -0.515. The Hall–Kier alpha value is -2.54. The van der Waals surface area contributed by atoms with Crippen molar-refractivity contribution in [1.82, 2.24) is 20.0 Å². The maximum absolute atomic E-state index is 10.5. The Morgan fingerprint density at radius 2 is 1.93 bits per heavy atom. The van der Waals surface area contributed by atoms with Crippen molar-refractivity contribution in [3.63, 3.8) is 0 Å². The molecule has 0 radical (unpaired) electrons. The molecule has 1 aliphatic heterocycles. The SMILES string of the molecule is CN(C)C1CCN(CC(O)COc2cc(-c3ccnnc3)c3ccccc3c2)CC1. The second-order valence-corrected chi connectivity index (χ2v) is 8.28. The van der Waals surface area contributed by atoms with Gasteiger partial charge in [0.1, 0.15) is 18.5 Å². The summed E-state index contributed by atoms with van der Waals surface area (Å²) in [4.78, 5) is 4.63. The lowest BCUT2D eigenvalue weighted by Crippen LogP contribution is -2.45. The molecular formula is C24H30N4O2. The number of hydrogen-bond acceptors (Lipinski definition) is 6. The van der Waals surface area contributed by atoms with Gasteiger partial charge in [0.05, 0.1) is 12.4 Å². The predicted molar refractivity (Wildman–Crippen MR) is 120 cm³/mol. The third-order valence-electron chi connectivity index (χ3n) is 5.93. The van der Waals surface area contributed by atoms with Gasteiger partial charge in [-0.05, 0) is 74.6 Å². The minimum Gasteiger partial charge on any atom is -0.491 e. The maximum atomic E-state index is 10.5. The number of hydrogen-bond donors (Lipinski definition) is 1. The summed E-state index contributed by atoms with van der Waals surface area (Å²) in [6.07, 6.45) is 5.24. The molecular weight excluding hydrogens is 376 g/mol. The van der Waals surface area contributed by atoms with Gasteiger partial charge < -0.3 is 19.6 Å². The fraction of sp³-hybridized carbons (Fsp3) is 0.417. The van der Waals surface area contributed by atoms with Crippen LogP contribution in [0.4, 0.5) is 0 Å². The quantitative estimate of drug-likeness (QED) is 0.651. The van der Waals surface area contributed by atoms with E-state index in [1.165, 1.54) is 0 Å². The highest BCUT2D eigenvalue weighted by molar-refractivity contribution is 5.97. The first-order chi connectivity index (χ1) is 14.6. The molecule has 0 aliphatic carbocycles. The molecule has 3 aromatic rings. The molecule has 0 bridgehead atoms. The van der Waals surface area contributed by atoms with Crippen molar-refractivity contribution < 1.29 is 9.84 Å². The van der Waals surface area contributed by atoms with E-state index < -0.39 is 6.10 Å². The average molecular weight is 407 g/mol. The number of fused-ring (bicyclic) bond motifs is 1. The molecule has 0 saturated carbocycles. The van der Waals surface area contributed by atoms with Gasteiger partial charge in [-0.25, -0.2) is 0 Å². The van der Waals surface area contributed by atoms with Gasteiger partial charge in [0.2, 0.25) is 0 Å². The molecule has 2 aromatic carbocycles. The van der Waals surface area contributed by atoms with Gasteiger partial charge in [0.15, 0.2) is 0 Å². The lowest BCUT2D eigenvalue weighted by molar-refractivity contribution is 0.0506. The van der Waals surface area contributed by atoms with E-state index in [9.17, 15) is 5.11 Å². The van der Waals surface area contributed by atoms with Crippen LogP contribution in [0.5, 0.6) is 5.75 Å². The Labute approximate surface area is 178 Å². The first kappa shape index (κ1) is 20.7. The molecule has 0 amide bonds.